The second-order valence-electron chi connectivity index (χ2n) is 4.28. The van der Waals surface area contributed by atoms with E-state index in [1.54, 1.807) is 6.07 Å². The van der Waals surface area contributed by atoms with Gasteiger partial charge in [0.1, 0.15) is 5.75 Å². The van der Waals surface area contributed by atoms with Crippen molar-refractivity contribution in [3.63, 3.8) is 0 Å². The maximum Gasteiger partial charge on any atom is 0.115 e. The molecule has 1 saturated carbocycles. The van der Waals surface area contributed by atoms with Gasteiger partial charge in [0, 0.05) is 0 Å². The minimum atomic E-state index is 0.409. The summed E-state index contributed by atoms with van der Waals surface area (Å²) in [5, 5.41) is 9.41. The van der Waals surface area contributed by atoms with Crippen LogP contribution in [0.1, 0.15) is 50.0 Å². The molecule has 0 atom stereocenters. The lowest BCUT2D eigenvalue weighted by Crippen LogP contribution is -1.96. The molecule has 1 aliphatic rings. The number of rotatable bonds is 1. The zero-order chi connectivity index (χ0) is 9.80. The summed E-state index contributed by atoms with van der Waals surface area (Å²) >= 11 is 0. The molecule has 1 nitrogen and oxygen atoms in total. The second-order valence-corrected chi connectivity index (χ2v) is 4.28. The number of phenolic OH excluding ortho intramolecular Hbond substituents is 1. The normalized spacial score (nSPS) is 19.1. The largest absolute Gasteiger partial charge is 0.508 e. The highest BCUT2D eigenvalue weighted by molar-refractivity contribution is 5.29. The van der Waals surface area contributed by atoms with Crippen LogP contribution in [0.3, 0.4) is 0 Å². The van der Waals surface area contributed by atoms with Crippen molar-refractivity contribution < 1.29 is 5.11 Å². The van der Waals surface area contributed by atoms with Gasteiger partial charge in [-0.25, -0.2) is 0 Å². The number of aromatic hydroxyl groups is 1. The van der Waals surface area contributed by atoms with Crippen molar-refractivity contribution in [3.05, 3.63) is 29.8 Å². The van der Waals surface area contributed by atoms with Crippen molar-refractivity contribution in [3.8, 4) is 5.75 Å². The third kappa shape index (κ3) is 2.28. The first-order valence-corrected chi connectivity index (χ1v) is 5.65. The lowest BCUT2D eigenvalue weighted by Gasteiger charge is -2.14. The molecule has 1 fully saturated rings. The van der Waals surface area contributed by atoms with Gasteiger partial charge in [-0.3, -0.25) is 0 Å². The molecule has 0 heterocycles. The Hall–Kier alpha value is -0.980. The molecule has 0 saturated heterocycles. The Bertz CT molecular complexity index is 285. The Morgan fingerprint density at radius 3 is 2.36 bits per heavy atom. The average Bonchev–Trinajstić information content (AvgIpc) is 2.45. The summed E-state index contributed by atoms with van der Waals surface area (Å²) in [6, 6.07) is 7.78. The highest BCUT2D eigenvalue weighted by atomic mass is 16.3. The minimum Gasteiger partial charge on any atom is -0.508 e. The van der Waals surface area contributed by atoms with Crippen LogP contribution in [-0.4, -0.2) is 5.11 Å². The van der Waals surface area contributed by atoms with Crippen molar-refractivity contribution in [2.24, 2.45) is 0 Å². The smallest absolute Gasteiger partial charge is 0.115 e. The van der Waals surface area contributed by atoms with Crippen LogP contribution in [0.15, 0.2) is 24.3 Å². The van der Waals surface area contributed by atoms with Crippen molar-refractivity contribution in [2.45, 2.75) is 44.4 Å². The van der Waals surface area contributed by atoms with Crippen molar-refractivity contribution in [1.82, 2.24) is 0 Å². The molecule has 1 aromatic carbocycles. The van der Waals surface area contributed by atoms with Crippen LogP contribution < -0.4 is 0 Å². The first-order chi connectivity index (χ1) is 6.86. The second kappa shape index (κ2) is 4.50. The number of benzene rings is 1. The zero-order valence-electron chi connectivity index (χ0n) is 8.58. The van der Waals surface area contributed by atoms with E-state index >= 15 is 0 Å². The quantitative estimate of drug-likeness (QED) is 0.667. The molecular weight excluding hydrogens is 172 g/mol. The molecule has 0 amide bonds. The topological polar surface area (TPSA) is 20.2 Å². The molecule has 0 aromatic heterocycles. The van der Waals surface area contributed by atoms with Crippen LogP contribution in [-0.2, 0) is 0 Å². The van der Waals surface area contributed by atoms with E-state index in [4.69, 9.17) is 0 Å². The van der Waals surface area contributed by atoms with Gasteiger partial charge in [0.2, 0.25) is 0 Å². The predicted molar refractivity (Wildman–Crippen MR) is 58.5 cm³/mol. The summed E-state index contributed by atoms with van der Waals surface area (Å²) in [7, 11) is 0. The third-order valence-electron chi connectivity index (χ3n) is 3.20. The van der Waals surface area contributed by atoms with E-state index in [9.17, 15) is 5.11 Å². The van der Waals surface area contributed by atoms with E-state index in [1.165, 1.54) is 44.1 Å². The molecule has 1 N–H and O–H groups in total. The highest BCUT2D eigenvalue weighted by Gasteiger charge is 2.14. The Kier molecular flexibility index (Phi) is 3.07. The first-order valence-electron chi connectivity index (χ1n) is 5.65. The molecular formula is C13H18O. The van der Waals surface area contributed by atoms with Gasteiger partial charge < -0.3 is 5.11 Å². The predicted octanol–water partition coefficient (Wildman–Crippen LogP) is 3.83. The van der Waals surface area contributed by atoms with E-state index in [-0.39, 0.29) is 0 Å². The molecule has 1 aliphatic carbocycles. The fourth-order valence-electron chi connectivity index (χ4n) is 2.39. The number of hydrogen-bond acceptors (Lipinski definition) is 1. The fraction of sp³-hybridized carbons (Fsp3) is 0.538. The van der Waals surface area contributed by atoms with Crippen LogP contribution in [0.25, 0.3) is 0 Å². The lowest BCUT2D eigenvalue weighted by molar-refractivity contribution is 0.472. The van der Waals surface area contributed by atoms with Crippen molar-refractivity contribution >= 4 is 0 Å². The SMILES string of the molecule is Oc1cccc(C2CCCCCC2)c1. The third-order valence-corrected chi connectivity index (χ3v) is 3.20. The van der Waals surface area contributed by atoms with E-state index in [0.717, 1.165) is 0 Å². The monoisotopic (exact) mass is 190 g/mol. The number of hydrogen-bond donors (Lipinski definition) is 1. The van der Waals surface area contributed by atoms with Gasteiger partial charge in [0.25, 0.3) is 0 Å². The summed E-state index contributed by atoms with van der Waals surface area (Å²) in [5.41, 5.74) is 1.33. The van der Waals surface area contributed by atoms with E-state index in [0.29, 0.717) is 11.7 Å². The van der Waals surface area contributed by atoms with Gasteiger partial charge in [-0.15, -0.1) is 0 Å². The Morgan fingerprint density at radius 1 is 1.00 bits per heavy atom. The summed E-state index contributed by atoms with van der Waals surface area (Å²) < 4.78 is 0. The van der Waals surface area contributed by atoms with Crippen LogP contribution >= 0.6 is 0 Å². The van der Waals surface area contributed by atoms with Gasteiger partial charge in [-0.1, -0.05) is 37.8 Å². The molecule has 76 valence electrons. The van der Waals surface area contributed by atoms with Gasteiger partial charge in [-0.05, 0) is 36.5 Å². The summed E-state index contributed by atoms with van der Waals surface area (Å²) in [6.07, 6.45) is 8.05. The Labute approximate surface area is 85.8 Å². The van der Waals surface area contributed by atoms with Crippen LogP contribution in [0.5, 0.6) is 5.75 Å². The van der Waals surface area contributed by atoms with Crippen LogP contribution in [0.4, 0.5) is 0 Å². The molecule has 1 heteroatoms. The molecule has 0 unspecified atom stereocenters. The first kappa shape index (κ1) is 9.57. The maximum absolute atomic E-state index is 9.41. The molecule has 0 radical (unpaired) electrons. The molecule has 1 aromatic rings. The molecule has 2 rings (SSSR count). The molecule has 0 spiro atoms. The van der Waals surface area contributed by atoms with Crippen molar-refractivity contribution in [1.29, 1.82) is 0 Å². The summed E-state index contributed by atoms with van der Waals surface area (Å²) in [6.45, 7) is 0. The highest BCUT2D eigenvalue weighted by Crippen LogP contribution is 2.32. The Morgan fingerprint density at radius 2 is 1.71 bits per heavy atom. The summed E-state index contributed by atoms with van der Waals surface area (Å²) in [4.78, 5) is 0. The average molecular weight is 190 g/mol. The lowest BCUT2D eigenvalue weighted by atomic mass is 9.92. The van der Waals surface area contributed by atoms with Gasteiger partial charge in [0.05, 0.1) is 0 Å². The summed E-state index contributed by atoms with van der Waals surface area (Å²) in [5.74, 6) is 1.09. The fourth-order valence-corrected chi connectivity index (χ4v) is 2.39. The molecule has 0 aliphatic heterocycles. The van der Waals surface area contributed by atoms with Crippen LogP contribution in [0.2, 0.25) is 0 Å². The van der Waals surface area contributed by atoms with Gasteiger partial charge >= 0.3 is 0 Å². The van der Waals surface area contributed by atoms with E-state index in [1.807, 2.05) is 12.1 Å². The molecule has 0 bridgehead atoms. The number of phenols is 1. The molecule has 14 heavy (non-hydrogen) atoms. The van der Waals surface area contributed by atoms with Crippen LogP contribution in [0, 0.1) is 0 Å². The van der Waals surface area contributed by atoms with Crippen molar-refractivity contribution in [2.75, 3.05) is 0 Å². The minimum absolute atomic E-state index is 0.409. The van der Waals surface area contributed by atoms with Gasteiger partial charge in [0.15, 0.2) is 0 Å². The maximum atomic E-state index is 9.41. The van der Waals surface area contributed by atoms with E-state index < -0.39 is 0 Å². The Balaban J connectivity index is 2.12. The van der Waals surface area contributed by atoms with E-state index in [2.05, 4.69) is 6.07 Å². The zero-order valence-corrected chi connectivity index (χ0v) is 8.58. The standard InChI is InChI=1S/C13H18O/c14-13-9-5-8-12(10-13)11-6-3-1-2-4-7-11/h5,8-11,14H,1-4,6-7H2. The van der Waals surface area contributed by atoms with Gasteiger partial charge in [-0.2, -0.15) is 0 Å².